The monoisotopic (exact) mass is 220 g/mol. The number of rotatable bonds is 1. The molecule has 1 aliphatic heterocycles. The smallest absolute Gasteiger partial charge is 0.253 e. The summed E-state index contributed by atoms with van der Waals surface area (Å²) in [5.41, 5.74) is 6.84. The van der Waals surface area contributed by atoms with Gasteiger partial charge in [-0.2, -0.15) is 0 Å². The number of aliphatic hydroxyl groups is 1. The lowest BCUT2D eigenvalue weighted by Gasteiger charge is -2.30. The summed E-state index contributed by atoms with van der Waals surface area (Å²) in [7, 11) is 0. The molecule has 0 radical (unpaired) electrons. The molecule has 0 aliphatic carbocycles. The van der Waals surface area contributed by atoms with Crippen molar-refractivity contribution in [1.82, 2.24) is 4.90 Å². The predicted octanol–water partition coefficient (Wildman–Crippen LogP) is 0.866. The van der Waals surface area contributed by atoms with Crippen LogP contribution >= 0.6 is 0 Å². The molecule has 3 N–H and O–H groups in total. The number of anilines is 1. The Labute approximate surface area is 94.7 Å². The zero-order valence-electron chi connectivity index (χ0n) is 9.10. The van der Waals surface area contributed by atoms with Crippen molar-refractivity contribution in [2.45, 2.75) is 18.9 Å². The lowest BCUT2D eigenvalue weighted by atomic mass is 10.1. The van der Waals surface area contributed by atoms with E-state index in [1.807, 2.05) is 0 Å². The molecule has 4 nitrogen and oxygen atoms in total. The van der Waals surface area contributed by atoms with Gasteiger partial charge in [0.2, 0.25) is 0 Å². The highest BCUT2D eigenvalue weighted by Gasteiger charge is 2.22. The molecule has 4 heteroatoms. The van der Waals surface area contributed by atoms with Crippen LogP contribution in [0.2, 0.25) is 0 Å². The molecule has 2 rings (SSSR count). The molecule has 86 valence electrons. The number of piperidine rings is 1. The van der Waals surface area contributed by atoms with Gasteiger partial charge in [-0.15, -0.1) is 0 Å². The molecular weight excluding hydrogens is 204 g/mol. The number of nitrogen functional groups attached to an aromatic ring is 1. The van der Waals surface area contributed by atoms with Crippen molar-refractivity contribution >= 4 is 11.6 Å². The van der Waals surface area contributed by atoms with Crippen LogP contribution in [0.3, 0.4) is 0 Å². The molecule has 0 bridgehead atoms. The molecule has 0 aromatic heterocycles. The summed E-state index contributed by atoms with van der Waals surface area (Å²) >= 11 is 0. The minimum atomic E-state index is -0.383. The van der Waals surface area contributed by atoms with Gasteiger partial charge in [0.05, 0.1) is 6.10 Å². The van der Waals surface area contributed by atoms with Gasteiger partial charge in [0.25, 0.3) is 5.91 Å². The molecule has 16 heavy (non-hydrogen) atoms. The second kappa shape index (κ2) is 4.53. The van der Waals surface area contributed by atoms with Gasteiger partial charge < -0.3 is 15.7 Å². The third kappa shape index (κ3) is 2.33. The van der Waals surface area contributed by atoms with Crippen LogP contribution in [0.15, 0.2) is 24.3 Å². The van der Waals surface area contributed by atoms with Crippen LogP contribution in [0.4, 0.5) is 5.69 Å². The lowest BCUT2D eigenvalue weighted by molar-refractivity contribution is 0.0474. The van der Waals surface area contributed by atoms with E-state index in [1.54, 1.807) is 29.2 Å². The number of hydrogen-bond donors (Lipinski definition) is 2. The van der Waals surface area contributed by atoms with Crippen LogP contribution in [0, 0.1) is 0 Å². The first-order valence-corrected chi connectivity index (χ1v) is 5.49. The Kier molecular flexibility index (Phi) is 3.10. The Morgan fingerprint density at radius 2 is 2.06 bits per heavy atom. The van der Waals surface area contributed by atoms with Crippen LogP contribution < -0.4 is 5.73 Å². The number of carbonyl (C=O) groups is 1. The number of hydrogen-bond acceptors (Lipinski definition) is 3. The van der Waals surface area contributed by atoms with Gasteiger partial charge in [-0.25, -0.2) is 0 Å². The third-order valence-corrected chi connectivity index (χ3v) is 2.84. The first-order valence-electron chi connectivity index (χ1n) is 5.49. The zero-order valence-corrected chi connectivity index (χ0v) is 9.10. The highest BCUT2D eigenvalue weighted by atomic mass is 16.3. The number of aliphatic hydroxyl groups excluding tert-OH is 1. The molecule has 1 aliphatic rings. The van der Waals surface area contributed by atoms with E-state index in [2.05, 4.69) is 0 Å². The molecule has 1 atom stereocenters. The lowest BCUT2D eigenvalue weighted by Crippen LogP contribution is -2.42. The summed E-state index contributed by atoms with van der Waals surface area (Å²) in [6.07, 6.45) is 1.26. The minimum absolute atomic E-state index is 0.0289. The van der Waals surface area contributed by atoms with E-state index < -0.39 is 0 Å². The van der Waals surface area contributed by atoms with Gasteiger partial charge in [-0.1, -0.05) is 0 Å². The summed E-state index contributed by atoms with van der Waals surface area (Å²) < 4.78 is 0. The van der Waals surface area contributed by atoms with Gasteiger partial charge in [-0.3, -0.25) is 4.79 Å². The average molecular weight is 220 g/mol. The number of amides is 1. The maximum absolute atomic E-state index is 12.0. The van der Waals surface area contributed by atoms with Crippen molar-refractivity contribution in [1.29, 1.82) is 0 Å². The molecule has 0 saturated carbocycles. The normalized spacial score (nSPS) is 20.8. The van der Waals surface area contributed by atoms with Gasteiger partial charge in [0, 0.05) is 24.3 Å². The van der Waals surface area contributed by atoms with Crippen molar-refractivity contribution in [2.24, 2.45) is 0 Å². The molecule has 1 heterocycles. The topological polar surface area (TPSA) is 66.6 Å². The fourth-order valence-electron chi connectivity index (χ4n) is 1.95. The Morgan fingerprint density at radius 1 is 1.38 bits per heavy atom. The maximum Gasteiger partial charge on any atom is 0.253 e. The van der Waals surface area contributed by atoms with Gasteiger partial charge in [-0.05, 0) is 37.1 Å². The largest absolute Gasteiger partial charge is 0.399 e. The van der Waals surface area contributed by atoms with Crippen LogP contribution in [0.1, 0.15) is 23.2 Å². The summed E-state index contributed by atoms with van der Waals surface area (Å²) in [6, 6.07) is 6.87. The van der Waals surface area contributed by atoms with E-state index in [0.717, 1.165) is 19.4 Å². The molecule has 1 aromatic rings. The Balaban J connectivity index is 2.09. The van der Waals surface area contributed by atoms with Crippen LogP contribution in [-0.2, 0) is 0 Å². The number of β-amino-alcohol motifs (C(OH)–C–C–N with tert-alkyl or cyclic N) is 1. The Hall–Kier alpha value is -1.55. The van der Waals surface area contributed by atoms with Gasteiger partial charge in [0.15, 0.2) is 0 Å². The van der Waals surface area contributed by atoms with Gasteiger partial charge in [0.1, 0.15) is 0 Å². The Bertz CT molecular complexity index is 375. The Morgan fingerprint density at radius 3 is 2.69 bits per heavy atom. The van der Waals surface area contributed by atoms with Crippen molar-refractivity contribution in [3.8, 4) is 0 Å². The molecule has 1 aromatic carbocycles. The number of likely N-dealkylation sites (tertiary alicyclic amines) is 1. The van der Waals surface area contributed by atoms with E-state index in [-0.39, 0.29) is 12.0 Å². The number of benzene rings is 1. The predicted molar refractivity (Wildman–Crippen MR) is 62.0 cm³/mol. The van der Waals surface area contributed by atoms with E-state index in [4.69, 9.17) is 5.73 Å². The summed E-state index contributed by atoms with van der Waals surface area (Å²) in [5, 5.41) is 9.51. The van der Waals surface area contributed by atoms with Crippen LogP contribution in [0.25, 0.3) is 0 Å². The minimum Gasteiger partial charge on any atom is -0.399 e. The first-order chi connectivity index (χ1) is 7.66. The maximum atomic E-state index is 12.0. The summed E-state index contributed by atoms with van der Waals surface area (Å²) in [6.45, 7) is 1.16. The van der Waals surface area contributed by atoms with E-state index in [0.29, 0.717) is 17.8 Å². The van der Waals surface area contributed by atoms with Gasteiger partial charge >= 0.3 is 0 Å². The van der Waals surface area contributed by atoms with Crippen molar-refractivity contribution in [3.05, 3.63) is 29.8 Å². The average Bonchev–Trinajstić information content (AvgIpc) is 2.29. The summed E-state index contributed by atoms with van der Waals surface area (Å²) in [4.78, 5) is 13.7. The van der Waals surface area contributed by atoms with Crippen LogP contribution in [0.5, 0.6) is 0 Å². The van der Waals surface area contributed by atoms with Crippen molar-refractivity contribution < 1.29 is 9.90 Å². The molecular formula is C12H16N2O2. The standard InChI is InChI=1S/C12H16N2O2/c13-10-5-3-9(4-6-10)12(16)14-7-1-2-11(15)8-14/h3-6,11,15H,1-2,7-8,13H2/t11-/m0/s1. The second-order valence-corrected chi connectivity index (χ2v) is 4.17. The summed E-state index contributed by atoms with van der Waals surface area (Å²) in [5.74, 6) is -0.0289. The third-order valence-electron chi connectivity index (χ3n) is 2.84. The zero-order chi connectivity index (χ0) is 11.5. The molecule has 1 saturated heterocycles. The molecule has 0 spiro atoms. The van der Waals surface area contributed by atoms with E-state index >= 15 is 0 Å². The number of nitrogens with zero attached hydrogens (tertiary/aromatic N) is 1. The van der Waals surface area contributed by atoms with Crippen molar-refractivity contribution in [3.63, 3.8) is 0 Å². The van der Waals surface area contributed by atoms with E-state index in [1.165, 1.54) is 0 Å². The fraction of sp³-hybridized carbons (Fsp3) is 0.417. The highest BCUT2D eigenvalue weighted by molar-refractivity contribution is 5.94. The molecule has 0 unspecified atom stereocenters. The van der Waals surface area contributed by atoms with E-state index in [9.17, 15) is 9.90 Å². The quantitative estimate of drug-likeness (QED) is 0.690. The van der Waals surface area contributed by atoms with Crippen molar-refractivity contribution in [2.75, 3.05) is 18.8 Å². The molecule has 1 fully saturated rings. The highest BCUT2D eigenvalue weighted by Crippen LogP contribution is 2.14. The SMILES string of the molecule is Nc1ccc(C(=O)N2CCC[C@H](O)C2)cc1. The fourth-order valence-corrected chi connectivity index (χ4v) is 1.95. The van der Waals surface area contributed by atoms with Crippen LogP contribution in [-0.4, -0.2) is 35.1 Å². The number of carbonyl (C=O) groups excluding carboxylic acids is 1. The number of nitrogens with two attached hydrogens (primary N) is 1. The molecule has 1 amide bonds. The first kappa shape index (κ1) is 11.0. The second-order valence-electron chi connectivity index (χ2n) is 4.17.